The van der Waals surface area contributed by atoms with Gasteiger partial charge in [0.2, 0.25) is 16.0 Å². The minimum absolute atomic E-state index is 0. The quantitative estimate of drug-likeness (QED) is 0.513. The molecule has 0 radical (unpaired) electrons. The Hall–Kier alpha value is -2.98. The van der Waals surface area contributed by atoms with Crippen LogP contribution in [0.2, 0.25) is 0 Å². The van der Waals surface area contributed by atoms with E-state index in [1.54, 1.807) is 24.4 Å². The van der Waals surface area contributed by atoms with E-state index in [0.29, 0.717) is 29.2 Å². The molecule has 0 unspecified atom stereocenters. The van der Waals surface area contributed by atoms with Crippen LogP contribution >= 0.6 is 0 Å². The lowest BCUT2D eigenvalue weighted by molar-refractivity contribution is 0.598. The van der Waals surface area contributed by atoms with Crippen LogP contribution < -0.4 is 15.8 Å². The summed E-state index contributed by atoms with van der Waals surface area (Å²) in [7, 11) is -3.77. The molecule has 144 valence electrons. The molecule has 1 aliphatic carbocycles. The molecule has 2 aromatic heterocycles. The van der Waals surface area contributed by atoms with Crippen LogP contribution in [0.1, 0.15) is 31.6 Å². The molecule has 10 heteroatoms. The van der Waals surface area contributed by atoms with Gasteiger partial charge in [0, 0.05) is 36.7 Å². The zero-order chi connectivity index (χ0) is 18.1. The Balaban J connectivity index is 0. The lowest BCUT2D eigenvalue weighted by atomic mass is 10.3. The van der Waals surface area contributed by atoms with Gasteiger partial charge in [-0.3, -0.25) is 5.10 Å². The van der Waals surface area contributed by atoms with Crippen molar-refractivity contribution in [2.45, 2.75) is 23.7 Å². The standard InChI is InChI=1S/C16H17N7O2S.5H2/c17-26(24,25)12-3-1-2-11(8-12)19-16-18-7-6-14(21-16)20-15-9-13(22-23-15)10-4-5-10;;;;;/h1-3,6-10H,4-5H2,(H2,17,24,25)(H3,18,19,20,21,22,23);5*1H. The Morgan fingerprint density at radius 1 is 1.15 bits per heavy atom. The minimum Gasteiger partial charge on any atom is -0.324 e. The molecule has 0 amide bonds. The fraction of sp³-hybridized carbons (Fsp3) is 0.188. The molecule has 1 fully saturated rings. The van der Waals surface area contributed by atoms with Crippen molar-refractivity contribution >= 4 is 33.3 Å². The lowest BCUT2D eigenvalue weighted by Gasteiger charge is -2.08. The summed E-state index contributed by atoms with van der Waals surface area (Å²) in [5.41, 5.74) is 1.64. The van der Waals surface area contributed by atoms with Gasteiger partial charge in [0.15, 0.2) is 5.82 Å². The lowest BCUT2D eigenvalue weighted by Crippen LogP contribution is -2.12. The summed E-state index contributed by atoms with van der Waals surface area (Å²) in [6.07, 6.45) is 3.98. The maximum atomic E-state index is 11.4. The Kier molecular flexibility index (Phi) is 4.05. The van der Waals surface area contributed by atoms with Crippen LogP contribution in [0.3, 0.4) is 0 Å². The van der Waals surface area contributed by atoms with Crippen molar-refractivity contribution in [1.82, 2.24) is 20.2 Å². The predicted octanol–water partition coefficient (Wildman–Crippen LogP) is 3.44. The highest BCUT2D eigenvalue weighted by Crippen LogP contribution is 2.39. The van der Waals surface area contributed by atoms with E-state index >= 15 is 0 Å². The molecule has 5 N–H and O–H groups in total. The van der Waals surface area contributed by atoms with E-state index in [1.165, 1.54) is 25.0 Å². The van der Waals surface area contributed by atoms with Crippen LogP contribution in [-0.4, -0.2) is 28.6 Å². The van der Waals surface area contributed by atoms with Crippen molar-refractivity contribution in [3.8, 4) is 0 Å². The number of rotatable bonds is 6. The summed E-state index contributed by atoms with van der Waals surface area (Å²) in [5, 5.41) is 18.5. The summed E-state index contributed by atoms with van der Waals surface area (Å²) >= 11 is 0. The first kappa shape index (κ1) is 16.5. The third-order valence-corrected chi connectivity index (χ3v) is 4.86. The first-order valence-electron chi connectivity index (χ1n) is 8.03. The summed E-state index contributed by atoms with van der Waals surface area (Å²) in [4.78, 5) is 8.51. The number of benzene rings is 1. The first-order chi connectivity index (χ1) is 12.5. The maximum Gasteiger partial charge on any atom is 0.238 e. The summed E-state index contributed by atoms with van der Waals surface area (Å²) < 4.78 is 22.9. The van der Waals surface area contributed by atoms with E-state index in [9.17, 15) is 8.42 Å². The summed E-state index contributed by atoms with van der Waals surface area (Å²) in [5.74, 6) is 2.16. The molecule has 0 aliphatic heterocycles. The van der Waals surface area contributed by atoms with E-state index in [1.807, 2.05) is 6.07 Å². The van der Waals surface area contributed by atoms with Gasteiger partial charge in [-0.1, -0.05) is 6.07 Å². The number of aromatic amines is 1. The van der Waals surface area contributed by atoms with Crippen molar-refractivity contribution in [3.05, 3.63) is 48.3 Å². The second-order valence-electron chi connectivity index (χ2n) is 6.07. The van der Waals surface area contributed by atoms with Gasteiger partial charge in [-0.05, 0) is 37.1 Å². The molecular weight excluding hydrogens is 354 g/mol. The number of nitrogens with two attached hydrogens (primary N) is 1. The number of aromatic nitrogens is 4. The molecule has 0 atom stereocenters. The summed E-state index contributed by atoms with van der Waals surface area (Å²) in [6.45, 7) is 0. The Morgan fingerprint density at radius 3 is 2.77 bits per heavy atom. The third kappa shape index (κ3) is 3.81. The average Bonchev–Trinajstić information content (AvgIpc) is 3.35. The molecule has 1 aromatic carbocycles. The van der Waals surface area contributed by atoms with Crippen molar-refractivity contribution in [2.75, 3.05) is 10.6 Å². The molecule has 1 saturated carbocycles. The fourth-order valence-corrected chi connectivity index (χ4v) is 3.06. The van der Waals surface area contributed by atoms with Crippen LogP contribution in [0, 0.1) is 0 Å². The number of H-pyrrole nitrogens is 1. The molecule has 0 bridgehead atoms. The Labute approximate surface area is 157 Å². The Bertz CT molecular complexity index is 1060. The molecule has 0 spiro atoms. The maximum absolute atomic E-state index is 11.4. The Morgan fingerprint density at radius 2 is 2.00 bits per heavy atom. The highest BCUT2D eigenvalue weighted by atomic mass is 32.2. The van der Waals surface area contributed by atoms with Crippen molar-refractivity contribution < 1.29 is 15.6 Å². The molecule has 26 heavy (non-hydrogen) atoms. The highest BCUT2D eigenvalue weighted by Gasteiger charge is 2.25. The zero-order valence-electron chi connectivity index (χ0n) is 13.7. The van der Waals surface area contributed by atoms with Crippen LogP contribution in [-0.2, 0) is 10.0 Å². The predicted molar refractivity (Wildman–Crippen MR) is 108 cm³/mol. The fourth-order valence-electron chi connectivity index (χ4n) is 2.50. The van der Waals surface area contributed by atoms with Crippen molar-refractivity contribution in [3.63, 3.8) is 0 Å². The van der Waals surface area contributed by atoms with E-state index in [4.69, 9.17) is 5.14 Å². The second-order valence-corrected chi connectivity index (χ2v) is 7.63. The van der Waals surface area contributed by atoms with Crippen LogP contribution in [0.25, 0.3) is 0 Å². The molecular formula is C16H27N7O2S. The number of hydrogen-bond acceptors (Lipinski definition) is 7. The largest absolute Gasteiger partial charge is 0.324 e. The molecule has 9 nitrogen and oxygen atoms in total. The van der Waals surface area contributed by atoms with Gasteiger partial charge in [0.05, 0.1) is 4.90 Å². The number of sulfonamides is 1. The van der Waals surface area contributed by atoms with Gasteiger partial charge >= 0.3 is 0 Å². The van der Waals surface area contributed by atoms with Gasteiger partial charge in [-0.15, -0.1) is 0 Å². The van der Waals surface area contributed by atoms with Gasteiger partial charge < -0.3 is 10.6 Å². The molecule has 1 aliphatic rings. The highest BCUT2D eigenvalue weighted by molar-refractivity contribution is 7.89. The number of nitrogens with one attached hydrogen (secondary N) is 3. The smallest absolute Gasteiger partial charge is 0.238 e. The monoisotopic (exact) mass is 381 g/mol. The molecule has 4 rings (SSSR count). The van der Waals surface area contributed by atoms with Crippen molar-refractivity contribution in [1.29, 1.82) is 0 Å². The van der Waals surface area contributed by atoms with Crippen molar-refractivity contribution in [2.24, 2.45) is 5.14 Å². The van der Waals surface area contributed by atoms with E-state index in [0.717, 1.165) is 5.69 Å². The van der Waals surface area contributed by atoms with E-state index in [2.05, 4.69) is 30.8 Å². The van der Waals surface area contributed by atoms with Gasteiger partial charge in [0.25, 0.3) is 0 Å². The van der Waals surface area contributed by atoms with Crippen LogP contribution in [0.5, 0.6) is 0 Å². The van der Waals surface area contributed by atoms with E-state index < -0.39 is 10.0 Å². The zero-order valence-corrected chi connectivity index (χ0v) is 14.5. The minimum atomic E-state index is -3.77. The number of anilines is 4. The number of nitrogens with zero attached hydrogens (tertiary/aromatic N) is 3. The SMILES string of the molecule is NS(=O)(=O)c1cccc(Nc2nccc(Nc3cc(C4CC4)[nH]n3)n2)c1.[HH].[HH].[HH].[HH].[HH]. The molecule has 3 aromatic rings. The summed E-state index contributed by atoms with van der Waals surface area (Å²) in [6, 6.07) is 9.84. The van der Waals surface area contributed by atoms with Gasteiger partial charge in [-0.2, -0.15) is 10.1 Å². The average molecular weight is 382 g/mol. The molecule has 2 heterocycles. The first-order valence-corrected chi connectivity index (χ1v) is 9.57. The normalized spacial score (nSPS) is 14.2. The van der Waals surface area contributed by atoms with Gasteiger partial charge in [0.1, 0.15) is 5.82 Å². The van der Waals surface area contributed by atoms with Gasteiger partial charge in [-0.25, -0.2) is 18.5 Å². The van der Waals surface area contributed by atoms with E-state index in [-0.39, 0.29) is 12.0 Å². The third-order valence-electron chi connectivity index (χ3n) is 3.95. The molecule has 0 saturated heterocycles. The topological polar surface area (TPSA) is 139 Å². The number of primary sulfonamides is 1. The number of hydrogen-bond donors (Lipinski definition) is 4. The van der Waals surface area contributed by atoms with Crippen LogP contribution in [0.15, 0.2) is 47.5 Å². The second kappa shape index (κ2) is 6.39. The van der Waals surface area contributed by atoms with Crippen LogP contribution in [0.4, 0.5) is 23.3 Å².